The molecule has 1 saturated heterocycles. The summed E-state index contributed by atoms with van der Waals surface area (Å²) >= 11 is 0. The number of rotatable bonds is 8. The van der Waals surface area contributed by atoms with E-state index in [4.69, 9.17) is 18.9 Å². The zero-order valence-corrected chi connectivity index (χ0v) is 34.8. The second-order valence-corrected chi connectivity index (χ2v) is 19.3. The number of aryl methyl sites for hydroxylation is 1. The Bertz CT molecular complexity index is 2520. The van der Waals surface area contributed by atoms with Crippen LogP contribution in [0.1, 0.15) is 89.0 Å². The van der Waals surface area contributed by atoms with E-state index < -0.39 is 74.5 Å². The highest BCUT2D eigenvalue weighted by Crippen LogP contribution is 2.46. The van der Waals surface area contributed by atoms with E-state index in [1.165, 1.54) is 17.0 Å². The Balaban J connectivity index is 1.06. The first-order valence-corrected chi connectivity index (χ1v) is 23.0. The number of amides is 4. The van der Waals surface area contributed by atoms with E-state index in [0.717, 1.165) is 49.5 Å². The molecular weight excluding hydrogens is 806 g/mol. The second-order valence-electron chi connectivity index (χ2n) is 17.3. The number of hydrogen-bond acceptors (Lipinski definition) is 10. The molecule has 322 valence electrons. The monoisotopic (exact) mass is 855 g/mol. The van der Waals surface area contributed by atoms with Crippen molar-refractivity contribution in [3.8, 4) is 17.0 Å². The first-order chi connectivity index (χ1) is 29.4. The molecule has 0 bridgehead atoms. The first kappa shape index (κ1) is 40.9. The van der Waals surface area contributed by atoms with Crippen LogP contribution in [0.2, 0.25) is 0 Å². The molecule has 5 aliphatic rings. The molecule has 2 aromatic heterocycles. The first-order valence-electron chi connectivity index (χ1n) is 21.5. The van der Waals surface area contributed by atoms with E-state index in [1.54, 1.807) is 18.2 Å². The van der Waals surface area contributed by atoms with Crippen molar-refractivity contribution in [2.45, 2.75) is 125 Å². The molecule has 4 aromatic rings. The van der Waals surface area contributed by atoms with Gasteiger partial charge in [-0.3, -0.25) is 19.1 Å². The number of alkyl carbamates (subject to hydrolysis) is 1. The third-order valence-electron chi connectivity index (χ3n) is 12.7. The predicted molar refractivity (Wildman–Crippen MR) is 223 cm³/mol. The van der Waals surface area contributed by atoms with Crippen LogP contribution >= 0.6 is 0 Å². The van der Waals surface area contributed by atoms with Crippen molar-refractivity contribution in [1.29, 1.82) is 0 Å². The number of furan rings is 1. The van der Waals surface area contributed by atoms with Gasteiger partial charge in [0.1, 0.15) is 46.7 Å². The fourth-order valence-corrected chi connectivity index (χ4v) is 10.4. The van der Waals surface area contributed by atoms with Gasteiger partial charge in [0.15, 0.2) is 11.3 Å². The molecule has 0 unspecified atom stereocenters. The minimum atomic E-state index is -3.93. The highest BCUT2D eigenvalue weighted by Gasteiger charge is 2.62. The molecule has 0 spiro atoms. The molecule has 3 N–H and O–H groups in total. The summed E-state index contributed by atoms with van der Waals surface area (Å²) in [5, 5.41) is 5.81. The van der Waals surface area contributed by atoms with Crippen molar-refractivity contribution in [3.63, 3.8) is 0 Å². The number of nitrogens with zero attached hydrogens (tertiary/aromatic N) is 2. The van der Waals surface area contributed by atoms with Gasteiger partial charge in [0.25, 0.3) is 5.91 Å². The smallest absolute Gasteiger partial charge is 0.408 e. The number of halogens is 1. The van der Waals surface area contributed by atoms with Crippen LogP contribution in [0.5, 0.6) is 5.75 Å². The SMILES string of the molecule is Cc1ccc2oc3c(O[C@@H]4C[C@H]5C(=O)N[C@]6(C(=O)NS(=O)(=O)C7CC7)C[C@H]6/C=C\CCCCC[C@H](NC(=O)OC6CCCC6)C(=O)N5C4)cc(-c4ccc(F)cc4)nc3c2c1. The lowest BCUT2D eigenvalue weighted by Gasteiger charge is -2.30. The molecule has 61 heavy (non-hydrogen) atoms. The van der Waals surface area contributed by atoms with Crippen LogP contribution in [0.15, 0.2) is 65.1 Å². The Morgan fingerprint density at radius 3 is 2.51 bits per heavy atom. The fraction of sp³-hybridized carbons (Fsp3) is 0.489. The van der Waals surface area contributed by atoms with Crippen molar-refractivity contribution in [2.75, 3.05) is 6.54 Å². The molecule has 0 radical (unpaired) electrons. The molecule has 4 amide bonds. The van der Waals surface area contributed by atoms with E-state index in [0.29, 0.717) is 65.8 Å². The van der Waals surface area contributed by atoms with E-state index in [9.17, 15) is 32.0 Å². The zero-order chi connectivity index (χ0) is 42.5. The Morgan fingerprint density at radius 1 is 0.967 bits per heavy atom. The van der Waals surface area contributed by atoms with Crippen LogP contribution in [0.4, 0.5) is 9.18 Å². The summed E-state index contributed by atoms with van der Waals surface area (Å²) in [6.07, 6.45) is 9.72. The summed E-state index contributed by atoms with van der Waals surface area (Å²) in [6.45, 7) is 1.89. The van der Waals surface area contributed by atoms with Crippen molar-refractivity contribution in [3.05, 3.63) is 72.1 Å². The van der Waals surface area contributed by atoms with Gasteiger partial charge in [0.2, 0.25) is 21.8 Å². The minimum absolute atomic E-state index is 0.00950. The number of allylic oxidation sites excluding steroid dienone is 1. The van der Waals surface area contributed by atoms with E-state index in [2.05, 4.69) is 15.4 Å². The molecule has 4 fully saturated rings. The standard InChI is InChI=1S/C45H50FN5O9S/c1-26-13-20-37-33(21-26)39-40(60-37)38(23-35(47-39)27-14-16-29(46)17-15-27)58-31-22-36-41(52)49-45(43(54)50-61(56,57)32-18-19-32)24-28(45)9-5-3-2-4-6-12-34(42(53)51(36)25-31)48-44(55)59-30-10-7-8-11-30/h5,9,13-17,20-21,23,28,30-32,34,36H,2-4,6-8,10-12,18-19,22,24-25H2,1H3,(H,48,55)(H,49,52)(H,50,54)/b9-5-/t28-,31-,34+,36+,45-/m1/s1. The van der Waals surface area contributed by atoms with Gasteiger partial charge in [0.05, 0.1) is 17.5 Å². The molecule has 14 nitrogen and oxygen atoms in total. The highest BCUT2D eigenvalue weighted by molar-refractivity contribution is 7.91. The Kier molecular flexibility index (Phi) is 11.0. The molecule has 16 heteroatoms. The van der Waals surface area contributed by atoms with E-state index in [1.807, 2.05) is 37.3 Å². The summed E-state index contributed by atoms with van der Waals surface area (Å²) in [5.41, 5.74) is 1.99. The number of carbonyl (C=O) groups is 4. The highest BCUT2D eigenvalue weighted by atomic mass is 32.2. The summed E-state index contributed by atoms with van der Waals surface area (Å²) in [4.78, 5) is 62.8. The number of benzene rings is 2. The number of carbonyl (C=O) groups excluding carboxylic acids is 4. The van der Waals surface area contributed by atoms with Crippen molar-refractivity contribution in [2.24, 2.45) is 5.92 Å². The van der Waals surface area contributed by atoms with Crippen LogP contribution in [0.25, 0.3) is 33.3 Å². The Morgan fingerprint density at radius 2 is 1.74 bits per heavy atom. The second kappa shape index (κ2) is 16.4. The molecule has 2 aromatic carbocycles. The fourth-order valence-electron chi connectivity index (χ4n) is 9.04. The largest absolute Gasteiger partial charge is 0.484 e. The lowest BCUT2D eigenvalue weighted by molar-refractivity contribution is -0.141. The van der Waals surface area contributed by atoms with Gasteiger partial charge < -0.3 is 29.4 Å². The van der Waals surface area contributed by atoms with Crippen LogP contribution < -0.4 is 20.1 Å². The molecule has 4 heterocycles. The van der Waals surface area contributed by atoms with Crippen LogP contribution in [-0.4, -0.2) is 83.7 Å². The topological polar surface area (TPSA) is 186 Å². The van der Waals surface area contributed by atoms with E-state index >= 15 is 0 Å². The lowest BCUT2D eigenvalue weighted by Crippen LogP contribution is -2.58. The van der Waals surface area contributed by atoms with Crippen molar-refractivity contribution < 1.29 is 45.9 Å². The van der Waals surface area contributed by atoms with Gasteiger partial charge in [-0.05, 0) is 108 Å². The number of sulfonamides is 1. The Labute approximate surface area is 353 Å². The summed E-state index contributed by atoms with van der Waals surface area (Å²) < 4.78 is 60.9. The third-order valence-corrected chi connectivity index (χ3v) is 14.5. The lowest BCUT2D eigenvalue weighted by atomic mass is 10.0. The predicted octanol–water partition coefficient (Wildman–Crippen LogP) is 6.48. The summed E-state index contributed by atoms with van der Waals surface area (Å²) in [5.74, 6) is -2.53. The quantitative estimate of drug-likeness (QED) is 0.166. The van der Waals surface area contributed by atoms with Crippen molar-refractivity contribution >= 4 is 55.9 Å². The average molecular weight is 856 g/mol. The van der Waals surface area contributed by atoms with E-state index in [-0.39, 0.29) is 25.5 Å². The number of ether oxygens (including phenoxy) is 2. The van der Waals surface area contributed by atoms with Gasteiger partial charge in [-0.1, -0.05) is 36.6 Å². The maximum atomic E-state index is 14.8. The van der Waals surface area contributed by atoms with Crippen LogP contribution in [0, 0.1) is 18.7 Å². The number of hydrogen-bond donors (Lipinski definition) is 3. The molecule has 3 saturated carbocycles. The maximum absolute atomic E-state index is 14.8. The Hall–Kier alpha value is -5.51. The van der Waals surface area contributed by atoms with Crippen LogP contribution in [-0.2, 0) is 29.1 Å². The van der Waals surface area contributed by atoms with Gasteiger partial charge in [-0.15, -0.1) is 0 Å². The number of nitrogens with one attached hydrogen (secondary N) is 3. The zero-order valence-electron chi connectivity index (χ0n) is 34.0. The number of pyridine rings is 1. The average Bonchev–Trinajstić information content (AvgIpc) is 4.05. The number of fused-ring (bicyclic) bond motifs is 5. The van der Waals surface area contributed by atoms with Crippen LogP contribution in [0.3, 0.4) is 0 Å². The van der Waals surface area contributed by atoms with Gasteiger partial charge in [0, 0.05) is 29.4 Å². The molecule has 5 atom stereocenters. The van der Waals surface area contributed by atoms with Crippen molar-refractivity contribution in [1.82, 2.24) is 25.2 Å². The summed E-state index contributed by atoms with van der Waals surface area (Å²) in [6, 6.07) is 11.1. The minimum Gasteiger partial charge on any atom is -0.484 e. The summed E-state index contributed by atoms with van der Waals surface area (Å²) in [7, 11) is -3.93. The molecule has 2 aliphatic heterocycles. The maximum Gasteiger partial charge on any atom is 0.408 e. The molecule has 3 aliphatic carbocycles. The number of aromatic nitrogens is 1. The van der Waals surface area contributed by atoms with Gasteiger partial charge >= 0.3 is 6.09 Å². The molecule has 9 rings (SSSR count). The van der Waals surface area contributed by atoms with Gasteiger partial charge in [-0.25, -0.2) is 22.6 Å². The normalized spacial score (nSPS) is 26.8. The van der Waals surface area contributed by atoms with Gasteiger partial charge in [-0.2, -0.15) is 0 Å². The third kappa shape index (κ3) is 8.55. The molecular formula is C45H50FN5O9S.